The zero-order valence-corrected chi connectivity index (χ0v) is 8.57. The Morgan fingerprint density at radius 3 is 2.43 bits per heavy atom. The van der Waals surface area contributed by atoms with E-state index in [0.29, 0.717) is 5.56 Å². The molecule has 1 saturated carbocycles. The minimum absolute atomic E-state index is 0.239. The Balaban J connectivity index is 2.43. The van der Waals surface area contributed by atoms with Crippen LogP contribution in [0.5, 0.6) is 0 Å². The molecule has 1 aliphatic carbocycles. The molecule has 2 N–H and O–H groups in total. The van der Waals surface area contributed by atoms with E-state index in [1.807, 2.05) is 18.4 Å². The van der Waals surface area contributed by atoms with Crippen LogP contribution < -0.4 is 5.73 Å². The summed E-state index contributed by atoms with van der Waals surface area (Å²) < 4.78 is 26.1. The Bertz CT molecular complexity index is 367. The lowest BCUT2D eigenvalue weighted by atomic mass is 10.1. The van der Waals surface area contributed by atoms with Crippen LogP contribution in [-0.4, -0.2) is 12.2 Å². The summed E-state index contributed by atoms with van der Waals surface area (Å²) in [6.45, 7) is 0. The molecule has 0 spiro atoms. The molecule has 1 aliphatic rings. The van der Waals surface area contributed by atoms with Gasteiger partial charge in [0.15, 0.2) is 0 Å². The molecule has 0 aliphatic heterocycles. The average Bonchev–Trinajstić information content (AvgIpc) is 2.67. The van der Waals surface area contributed by atoms with Gasteiger partial charge in [0.05, 0.1) is 0 Å². The molecule has 76 valence electrons. The number of rotatable bonds is 2. The maximum absolute atomic E-state index is 13.0. The fourth-order valence-corrected chi connectivity index (χ4v) is 2.30. The Labute approximate surface area is 85.7 Å². The Hall–Kier alpha value is -0.610. The van der Waals surface area contributed by atoms with Crippen LogP contribution in [0.25, 0.3) is 0 Å². The van der Waals surface area contributed by atoms with Crippen molar-refractivity contribution in [3.05, 3.63) is 29.8 Å². The highest BCUT2D eigenvalue weighted by Gasteiger charge is 2.70. The molecule has 1 nitrogen and oxygen atoms in total. The van der Waals surface area contributed by atoms with Gasteiger partial charge < -0.3 is 5.73 Å². The van der Waals surface area contributed by atoms with E-state index in [2.05, 4.69) is 0 Å². The molecular weight excluding hydrogens is 204 g/mol. The van der Waals surface area contributed by atoms with Gasteiger partial charge in [0.1, 0.15) is 5.54 Å². The quantitative estimate of drug-likeness (QED) is 0.767. The fourth-order valence-electron chi connectivity index (χ4n) is 1.61. The summed E-state index contributed by atoms with van der Waals surface area (Å²) in [6, 6.07) is 7.09. The molecular formula is C10H11F2NS. The largest absolute Gasteiger partial charge is 0.316 e. The molecule has 0 saturated heterocycles. The number of hydrogen-bond acceptors (Lipinski definition) is 2. The maximum Gasteiger partial charge on any atom is 0.272 e. The zero-order valence-electron chi connectivity index (χ0n) is 7.76. The van der Waals surface area contributed by atoms with Gasteiger partial charge in [0, 0.05) is 11.3 Å². The highest BCUT2D eigenvalue weighted by Crippen LogP contribution is 2.58. The smallest absolute Gasteiger partial charge is 0.272 e. The van der Waals surface area contributed by atoms with Crippen molar-refractivity contribution in [1.82, 2.24) is 0 Å². The number of alkyl halides is 2. The van der Waals surface area contributed by atoms with Gasteiger partial charge in [-0.3, -0.25) is 0 Å². The minimum Gasteiger partial charge on any atom is -0.316 e. The van der Waals surface area contributed by atoms with Gasteiger partial charge in [-0.15, -0.1) is 11.8 Å². The van der Waals surface area contributed by atoms with Crippen LogP contribution in [0.3, 0.4) is 0 Å². The van der Waals surface area contributed by atoms with Crippen LogP contribution in [0, 0.1) is 0 Å². The molecule has 1 unspecified atom stereocenters. The van der Waals surface area contributed by atoms with Crippen molar-refractivity contribution in [3.63, 3.8) is 0 Å². The van der Waals surface area contributed by atoms with E-state index in [9.17, 15) is 8.78 Å². The standard InChI is InChI=1S/C10H11F2NS/c1-14-8-5-3-2-4-7(8)9(13)6-10(9,11)12/h2-5H,6,13H2,1H3. The Kier molecular flexibility index (Phi) is 2.08. The van der Waals surface area contributed by atoms with E-state index in [0.717, 1.165) is 4.90 Å². The lowest BCUT2D eigenvalue weighted by Gasteiger charge is -2.14. The van der Waals surface area contributed by atoms with Crippen molar-refractivity contribution in [2.75, 3.05) is 6.26 Å². The van der Waals surface area contributed by atoms with Crippen LogP contribution in [-0.2, 0) is 5.54 Å². The molecule has 1 aromatic carbocycles. The van der Waals surface area contributed by atoms with Crippen molar-refractivity contribution in [1.29, 1.82) is 0 Å². The van der Waals surface area contributed by atoms with E-state index in [-0.39, 0.29) is 6.42 Å². The molecule has 4 heteroatoms. The van der Waals surface area contributed by atoms with Crippen molar-refractivity contribution in [2.45, 2.75) is 22.8 Å². The lowest BCUT2D eigenvalue weighted by Crippen LogP contribution is -2.27. The van der Waals surface area contributed by atoms with Crippen LogP contribution in [0.15, 0.2) is 29.2 Å². The Morgan fingerprint density at radius 1 is 1.36 bits per heavy atom. The third-order valence-corrected chi connectivity index (χ3v) is 3.41. The number of halogens is 2. The summed E-state index contributed by atoms with van der Waals surface area (Å²) in [6.07, 6.45) is 1.63. The third-order valence-electron chi connectivity index (χ3n) is 2.62. The van der Waals surface area contributed by atoms with Crippen LogP contribution in [0.4, 0.5) is 8.78 Å². The summed E-state index contributed by atoms with van der Waals surface area (Å²) in [4.78, 5) is 0.840. The first-order valence-corrected chi connectivity index (χ1v) is 5.54. The number of hydrogen-bond donors (Lipinski definition) is 1. The van der Waals surface area contributed by atoms with Crippen LogP contribution >= 0.6 is 11.8 Å². The molecule has 0 aromatic heterocycles. The van der Waals surface area contributed by atoms with E-state index < -0.39 is 11.5 Å². The van der Waals surface area contributed by atoms with Gasteiger partial charge in [-0.25, -0.2) is 8.78 Å². The first-order chi connectivity index (χ1) is 6.51. The highest BCUT2D eigenvalue weighted by atomic mass is 32.2. The van der Waals surface area contributed by atoms with Gasteiger partial charge in [-0.1, -0.05) is 18.2 Å². The number of thioether (sulfide) groups is 1. The maximum atomic E-state index is 13.0. The zero-order chi connectivity index (χ0) is 10.4. The number of benzene rings is 1. The van der Waals surface area contributed by atoms with E-state index in [4.69, 9.17) is 5.73 Å². The molecule has 2 rings (SSSR count). The lowest BCUT2D eigenvalue weighted by molar-refractivity contribution is 0.0885. The normalized spacial score (nSPS) is 28.9. The van der Waals surface area contributed by atoms with Gasteiger partial charge in [-0.2, -0.15) is 0 Å². The second-order valence-corrected chi connectivity index (χ2v) is 4.40. The molecule has 1 fully saturated rings. The highest BCUT2D eigenvalue weighted by molar-refractivity contribution is 7.98. The summed E-state index contributed by atoms with van der Waals surface area (Å²) in [5.74, 6) is -2.74. The van der Waals surface area contributed by atoms with Gasteiger partial charge >= 0.3 is 0 Å². The van der Waals surface area contributed by atoms with E-state index in [1.165, 1.54) is 11.8 Å². The van der Waals surface area contributed by atoms with E-state index in [1.54, 1.807) is 12.1 Å². The predicted octanol–water partition coefficient (Wildman–Crippen LogP) is 2.60. The summed E-state index contributed by atoms with van der Waals surface area (Å²) in [5, 5.41) is 0. The van der Waals surface area contributed by atoms with Crippen molar-refractivity contribution < 1.29 is 8.78 Å². The Morgan fingerprint density at radius 2 is 1.93 bits per heavy atom. The molecule has 1 aromatic rings. The molecule has 0 amide bonds. The van der Waals surface area contributed by atoms with Crippen molar-refractivity contribution in [3.8, 4) is 0 Å². The molecule has 0 bridgehead atoms. The van der Waals surface area contributed by atoms with Crippen LogP contribution in [0.1, 0.15) is 12.0 Å². The van der Waals surface area contributed by atoms with Gasteiger partial charge in [-0.05, 0) is 17.9 Å². The first kappa shape index (κ1) is 9.93. The molecule has 0 heterocycles. The summed E-state index contributed by atoms with van der Waals surface area (Å²) in [7, 11) is 0. The minimum atomic E-state index is -2.74. The second-order valence-electron chi connectivity index (χ2n) is 3.55. The second kappa shape index (κ2) is 2.94. The topological polar surface area (TPSA) is 26.0 Å². The number of nitrogens with two attached hydrogens (primary N) is 1. The van der Waals surface area contributed by atoms with Crippen molar-refractivity contribution >= 4 is 11.8 Å². The predicted molar refractivity (Wildman–Crippen MR) is 53.7 cm³/mol. The van der Waals surface area contributed by atoms with Gasteiger partial charge in [0.25, 0.3) is 5.92 Å². The molecule has 1 atom stereocenters. The molecule has 0 radical (unpaired) electrons. The monoisotopic (exact) mass is 215 g/mol. The van der Waals surface area contributed by atoms with Crippen molar-refractivity contribution in [2.24, 2.45) is 5.73 Å². The van der Waals surface area contributed by atoms with Gasteiger partial charge in [0.2, 0.25) is 0 Å². The summed E-state index contributed by atoms with van der Waals surface area (Å²) in [5.41, 5.74) is 4.80. The average molecular weight is 215 g/mol. The van der Waals surface area contributed by atoms with Crippen LogP contribution in [0.2, 0.25) is 0 Å². The van der Waals surface area contributed by atoms with E-state index >= 15 is 0 Å². The molecule has 14 heavy (non-hydrogen) atoms. The SMILES string of the molecule is CSc1ccccc1C1(N)CC1(F)F. The summed E-state index contributed by atoms with van der Waals surface area (Å²) >= 11 is 1.45. The fraction of sp³-hybridized carbons (Fsp3) is 0.400. The first-order valence-electron chi connectivity index (χ1n) is 4.31. The third kappa shape index (κ3) is 1.25.